The fourth-order valence-electron chi connectivity index (χ4n) is 3.23. The predicted octanol–water partition coefficient (Wildman–Crippen LogP) is -3.99. The Balaban J connectivity index is -0.000000649. The molecule has 0 bridgehead atoms. The van der Waals surface area contributed by atoms with Crippen LogP contribution in [0.15, 0.2) is 48.5 Å². The Bertz CT molecular complexity index is 820. The molecule has 0 aliphatic carbocycles. The number of aliphatic hydroxyl groups is 1. The van der Waals surface area contributed by atoms with Crippen LogP contribution >= 0.6 is 0 Å². The molecule has 0 saturated carbocycles. The van der Waals surface area contributed by atoms with E-state index in [9.17, 15) is 19.8 Å². The van der Waals surface area contributed by atoms with E-state index < -0.39 is 24.0 Å². The third-order valence-corrected chi connectivity index (χ3v) is 4.58. The topological polar surface area (TPSA) is 269 Å². The summed E-state index contributed by atoms with van der Waals surface area (Å²) < 4.78 is 11.5. The van der Waals surface area contributed by atoms with Crippen molar-refractivity contribution in [1.29, 1.82) is 0 Å². The van der Waals surface area contributed by atoms with Crippen molar-refractivity contribution in [3.05, 3.63) is 59.7 Å². The first-order chi connectivity index (χ1) is 15.5. The van der Waals surface area contributed by atoms with Crippen LogP contribution in [0.5, 0.6) is 11.5 Å². The first-order valence-electron chi connectivity index (χ1n) is 10.4. The molecule has 14 heteroatoms. The van der Waals surface area contributed by atoms with Crippen molar-refractivity contribution in [3.63, 3.8) is 0 Å². The summed E-state index contributed by atoms with van der Waals surface area (Å²) in [5.41, 5.74) is 0.923. The van der Waals surface area contributed by atoms with Gasteiger partial charge in [0.05, 0.1) is 24.0 Å². The molecule has 1 aliphatic rings. The van der Waals surface area contributed by atoms with E-state index >= 15 is 0 Å². The minimum atomic E-state index is -1.27. The van der Waals surface area contributed by atoms with Crippen LogP contribution in [0.2, 0.25) is 0 Å². The molecule has 2 atom stereocenters. The molecule has 37 heavy (non-hydrogen) atoms. The minimum absolute atomic E-state index is 0. The monoisotopic (exact) mass is 580 g/mol. The molecule has 1 aliphatic heterocycles. The van der Waals surface area contributed by atoms with Gasteiger partial charge in [0, 0.05) is 17.7 Å². The molecule has 0 fully saturated rings. The fourth-order valence-corrected chi connectivity index (χ4v) is 3.23. The molecule has 206 valence electrons. The third kappa shape index (κ3) is 12.9. The summed E-state index contributed by atoms with van der Waals surface area (Å²) in [7, 11) is 0. The summed E-state index contributed by atoms with van der Waals surface area (Å²) in [6, 6.07) is 11.6. The largest absolute Gasteiger partial charge is 2.00 e. The molecule has 2 aromatic rings. The number of aliphatic hydroxyl groups excluding tert-OH is 1. The number of para-hydroxylation sites is 2. The maximum atomic E-state index is 11.6. The molecule has 13 nitrogen and oxygen atoms in total. The number of ether oxygens (including phenoxy) is 2. The number of carboxylic acid groups (broad SMARTS) is 2. The van der Waals surface area contributed by atoms with Crippen molar-refractivity contribution in [2.75, 3.05) is 32.9 Å². The van der Waals surface area contributed by atoms with Crippen molar-refractivity contribution in [3.8, 4) is 11.5 Å². The van der Waals surface area contributed by atoms with Gasteiger partial charge in [-0.05, 0) is 38.6 Å². The molecule has 0 saturated heterocycles. The Kier molecular flexibility index (Phi) is 25.2. The Morgan fingerprint density at radius 2 is 1.14 bits per heavy atom. The number of hydrogen-bond donors (Lipinski definition) is 3. The van der Waals surface area contributed by atoms with Gasteiger partial charge in [0.2, 0.25) is 0 Å². The van der Waals surface area contributed by atoms with Crippen LogP contribution in [0.4, 0.5) is 0 Å². The Labute approximate surface area is 227 Å². The van der Waals surface area contributed by atoms with Crippen LogP contribution in [-0.2, 0) is 29.1 Å². The zero-order valence-corrected chi connectivity index (χ0v) is 23.6. The van der Waals surface area contributed by atoms with Crippen LogP contribution in [0, 0.1) is 0 Å². The van der Waals surface area contributed by atoms with Crippen LogP contribution in [0.1, 0.15) is 36.6 Å². The maximum Gasteiger partial charge on any atom is 2.00 e. The first kappa shape index (κ1) is 41.5. The minimum Gasteiger partial charge on any atom is -0.548 e. The van der Waals surface area contributed by atoms with E-state index in [1.165, 1.54) is 0 Å². The Morgan fingerprint density at radius 3 is 1.46 bits per heavy atom. The third-order valence-electron chi connectivity index (χ3n) is 4.58. The zero-order chi connectivity index (χ0) is 23.3. The number of benzene rings is 2. The van der Waals surface area contributed by atoms with E-state index in [0.717, 1.165) is 0 Å². The van der Waals surface area contributed by atoms with E-state index in [1.807, 2.05) is 0 Å². The SMILES string of the molecule is CCO.O.O.O.O.O=C([O-])[C@H]1NCCCN[C@@H](C(=O)[O-])c2ccccc2OCCOc2ccccc21.[Zn+2]. The van der Waals surface area contributed by atoms with E-state index in [1.54, 1.807) is 55.5 Å². The molecule has 0 amide bonds. The Hall–Kier alpha value is -2.68. The van der Waals surface area contributed by atoms with Gasteiger partial charge >= 0.3 is 19.5 Å². The predicted molar refractivity (Wildman–Crippen MR) is 127 cm³/mol. The summed E-state index contributed by atoms with van der Waals surface area (Å²) in [5.74, 6) is -1.69. The van der Waals surface area contributed by atoms with Crippen molar-refractivity contribution >= 4 is 11.9 Å². The van der Waals surface area contributed by atoms with Crippen LogP contribution in [0.25, 0.3) is 0 Å². The van der Waals surface area contributed by atoms with Crippen LogP contribution in [0.3, 0.4) is 0 Å². The van der Waals surface area contributed by atoms with Gasteiger partial charge in [-0.3, -0.25) is 0 Å². The molecule has 0 unspecified atom stereocenters. The van der Waals surface area contributed by atoms with Crippen molar-refractivity contribution in [2.24, 2.45) is 0 Å². The average Bonchev–Trinajstić information content (AvgIpc) is 2.77. The molecule has 0 spiro atoms. The van der Waals surface area contributed by atoms with Crippen molar-refractivity contribution in [1.82, 2.24) is 10.6 Å². The van der Waals surface area contributed by atoms with Crippen molar-refractivity contribution < 1.29 is 75.8 Å². The van der Waals surface area contributed by atoms with E-state index in [4.69, 9.17) is 14.6 Å². The van der Waals surface area contributed by atoms with Gasteiger partial charge in [0.25, 0.3) is 0 Å². The summed E-state index contributed by atoms with van der Waals surface area (Å²) in [5, 5.41) is 36.7. The summed E-state index contributed by atoms with van der Waals surface area (Å²) in [6.45, 7) is 2.89. The fraction of sp³-hybridized carbons (Fsp3) is 0.391. The van der Waals surface area contributed by atoms with Gasteiger partial charge in [-0.2, -0.15) is 0 Å². The molecule has 1 heterocycles. The van der Waals surface area contributed by atoms with Crippen LogP contribution < -0.4 is 30.3 Å². The zero-order valence-electron chi connectivity index (χ0n) is 20.6. The maximum absolute atomic E-state index is 11.6. The Morgan fingerprint density at radius 1 is 0.811 bits per heavy atom. The van der Waals surface area contributed by atoms with Gasteiger partial charge < -0.3 is 66.9 Å². The first-order valence-corrected chi connectivity index (χ1v) is 10.4. The molecule has 2 aromatic carbocycles. The van der Waals surface area contributed by atoms with Crippen molar-refractivity contribution in [2.45, 2.75) is 25.4 Å². The standard InChI is InChI=1S/C21H24N2O6.C2H6O.4H2O.Zn/c24-20(25)18-14-6-1-3-8-16(14)28-12-13-29-17-9-4-2-7-15(17)19(21(26)27)23-11-5-10-22-18;1-2-3;;;;;/h1-4,6-9,18-19,22-23H,5,10-13H2,(H,24,25)(H,26,27);3H,2H2,1H3;4*1H2;/q;;;;;;+2/p-2/t18-,19+;;;;;;. The number of hydrogen-bond acceptors (Lipinski definition) is 9. The summed E-state index contributed by atoms with van der Waals surface area (Å²) in [6.07, 6.45) is 0.486. The van der Waals surface area contributed by atoms with E-state index in [0.29, 0.717) is 42.1 Å². The molecular weight excluding hydrogens is 546 g/mol. The average molecular weight is 582 g/mol. The number of rotatable bonds is 2. The number of carbonyl (C=O) groups is 2. The number of nitrogens with one attached hydrogen (secondary N) is 2. The van der Waals surface area contributed by atoms with E-state index in [2.05, 4.69) is 10.6 Å². The van der Waals surface area contributed by atoms with Gasteiger partial charge in [0.15, 0.2) is 0 Å². The summed E-state index contributed by atoms with van der Waals surface area (Å²) >= 11 is 0. The van der Waals surface area contributed by atoms with Gasteiger partial charge in [-0.25, -0.2) is 0 Å². The normalized spacial score (nSPS) is 16.6. The second kappa shape index (κ2) is 22.5. The van der Waals surface area contributed by atoms with Gasteiger partial charge in [-0.15, -0.1) is 0 Å². The second-order valence-electron chi connectivity index (χ2n) is 6.85. The molecule has 3 rings (SSSR count). The quantitative estimate of drug-likeness (QED) is 0.291. The van der Waals surface area contributed by atoms with Crippen LogP contribution in [-0.4, -0.2) is 71.9 Å². The second-order valence-corrected chi connectivity index (χ2v) is 6.85. The van der Waals surface area contributed by atoms with E-state index in [-0.39, 0.29) is 61.2 Å². The van der Waals surface area contributed by atoms with Gasteiger partial charge in [0.1, 0.15) is 24.7 Å². The molecule has 0 aromatic heterocycles. The summed E-state index contributed by atoms with van der Waals surface area (Å²) in [4.78, 5) is 23.3. The van der Waals surface area contributed by atoms with Gasteiger partial charge in [-0.1, -0.05) is 36.4 Å². The molecule has 11 N–H and O–H groups in total. The molecule has 0 radical (unpaired) electrons. The number of carbonyl (C=O) groups excluding carboxylic acids is 2. The number of aliphatic carboxylic acids is 2. The smallest absolute Gasteiger partial charge is 0.548 e. The number of carboxylic acids is 2. The molecular formula is C23H36N2O11Zn. The number of fused-ring (bicyclic) bond motifs is 2.